The molecule has 0 radical (unpaired) electrons. The van der Waals surface area contributed by atoms with Gasteiger partial charge in [0.05, 0.1) is 43.5 Å². The van der Waals surface area contributed by atoms with Gasteiger partial charge in [0.2, 0.25) is 0 Å². The van der Waals surface area contributed by atoms with Gasteiger partial charge in [-0.1, -0.05) is 72.6 Å². The molecule has 0 unspecified atom stereocenters. The number of rotatable bonds is 9. The molecule has 3 heterocycles. The molecule has 0 saturated carbocycles. The van der Waals surface area contributed by atoms with Crippen molar-refractivity contribution in [1.29, 1.82) is 0 Å². The van der Waals surface area contributed by atoms with E-state index in [9.17, 15) is 25.2 Å². The van der Waals surface area contributed by atoms with Gasteiger partial charge in [-0.25, -0.2) is 0 Å². The van der Waals surface area contributed by atoms with Crippen molar-refractivity contribution in [1.82, 2.24) is 0 Å². The van der Waals surface area contributed by atoms with Crippen LogP contribution in [0, 0.1) is 16.7 Å². The summed E-state index contributed by atoms with van der Waals surface area (Å²) in [6, 6.07) is 0. The Morgan fingerprint density at radius 3 is 2.38 bits per heavy atom. The van der Waals surface area contributed by atoms with Crippen molar-refractivity contribution in [2.24, 2.45) is 16.7 Å². The average molecular weight is 641 g/mol. The van der Waals surface area contributed by atoms with E-state index in [1.165, 1.54) is 13.5 Å². The Bertz CT molecular complexity index is 964. The van der Waals surface area contributed by atoms with Crippen LogP contribution in [0.5, 0.6) is 0 Å². The van der Waals surface area contributed by atoms with E-state index < -0.39 is 78.0 Å². The molecular formula is C35H60O10. The van der Waals surface area contributed by atoms with Crippen LogP contribution < -0.4 is 0 Å². The molecule has 3 aliphatic heterocycles. The number of cyclic esters (lactones) is 1. The van der Waals surface area contributed by atoms with Gasteiger partial charge >= 0.3 is 5.97 Å². The third-order valence-corrected chi connectivity index (χ3v) is 10.1. The lowest BCUT2D eigenvalue weighted by molar-refractivity contribution is -0.312. The largest absolute Gasteiger partial charge is 0.457 e. The van der Waals surface area contributed by atoms with E-state index in [0.29, 0.717) is 25.7 Å². The molecule has 3 aliphatic rings. The van der Waals surface area contributed by atoms with Crippen molar-refractivity contribution in [3.05, 3.63) is 24.3 Å². The minimum absolute atomic E-state index is 0.000104. The second kappa shape index (κ2) is 17.2. The fourth-order valence-electron chi connectivity index (χ4n) is 6.63. The first-order valence-electron chi connectivity index (χ1n) is 16.9. The van der Waals surface area contributed by atoms with Gasteiger partial charge < -0.3 is 44.1 Å². The van der Waals surface area contributed by atoms with Gasteiger partial charge in [0, 0.05) is 24.4 Å². The third kappa shape index (κ3) is 10.3. The van der Waals surface area contributed by atoms with Crippen molar-refractivity contribution < 1.29 is 48.9 Å². The van der Waals surface area contributed by atoms with Crippen LogP contribution >= 0.6 is 0 Å². The van der Waals surface area contributed by atoms with E-state index in [4.69, 9.17) is 23.7 Å². The van der Waals surface area contributed by atoms with Crippen LogP contribution in [0.2, 0.25) is 0 Å². The molecule has 0 aromatic carbocycles. The Morgan fingerprint density at radius 2 is 1.69 bits per heavy atom. The number of unbranched alkanes of at least 4 members (excludes halogenated alkanes) is 3. The fourth-order valence-corrected chi connectivity index (χ4v) is 6.63. The fraction of sp³-hybridized carbons (Fsp3) is 0.857. The second-order valence-electron chi connectivity index (χ2n) is 14.6. The van der Waals surface area contributed by atoms with Crippen molar-refractivity contribution in [3.63, 3.8) is 0 Å². The highest BCUT2D eigenvalue weighted by Gasteiger charge is 2.50. The maximum Gasteiger partial charge on any atom is 0.309 e. The van der Waals surface area contributed by atoms with Crippen LogP contribution in [0.1, 0.15) is 99.3 Å². The molecule has 3 fully saturated rings. The summed E-state index contributed by atoms with van der Waals surface area (Å²) in [4.78, 5) is 13.6. The number of carbonyl (C=O) groups is 1. The smallest absolute Gasteiger partial charge is 0.309 e. The van der Waals surface area contributed by atoms with E-state index in [-0.39, 0.29) is 18.9 Å². The van der Waals surface area contributed by atoms with E-state index in [1.54, 1.807) is 0 Å². The first-order chi connectivity index (χ1) is 21.2. The maximum atomic E-state index is 13.6. The molecule has 0 aliphatic carbocycles. The molecule has 0 aromatic rings. The summed E-state index contributed by atoms with van der Waals surface area (Å²) in [6.45, 7) is 11.9. The van der Waals surface area contributed by atoms with Gasteiger partial charge in [-0.3, -0.25) is 4.79 Å². The number of allylic oxidation sites excluding steroid dienone is 3. The molecule has 260 valence electrons. The third-order valence-electron chi connectivity index (χ3n) is 10.1. The predicted octanol–water partition coefficient (Wildman–Crippen LogP) is 4.21. The Morgan fingerprint density at radius 1 is 0.956 bits per heavy atom. The van der Waals surface area contributed by atoms with Gasteiger partial charge in [0.1, 0.15) is 24.4 Å². The van der Waals surface area contributed by atoms with Gasteiger partial charge in [0.25, 0.3) is 0 Å². The summed E-state index contributed by atoms with van der Waals surface area (Å²) in [7, 11) is 1.44. The number of fused-ring (bicyclic) bond motifs is 2. The van der Waals surface area contributed by atoms with Crippen LogP contribution in [-0.2, 0) is 28.5 Å². The number of hydrogen-bond donors (Lipinski definition) is 4. The van der Waals surface area contributed by atoms with Crippen molar-refractivity contribution in [2.75, 3.05) is 13.7 Å². The molecule has 45 heavy (non-hydrogen) atoms. The van der Waals surface area contributed by atoms with Crippen LogP contribution in [0.15, 0.2) is 24.3 Å². The zero-order chi connectivity index (χ0) is 33.4. The first kappa shape index (κ1) is 38.1. The Labute approximate surface area is 270 Å². The van der Waals surface area contributed by atoms with E-state index in [0.717, 1.165) is 19.3 Å². The Hall–Kier alpha value is -1.37. The van der Waals surface area contributed by atoms with E-state index >= 15 is 0 Å². The van der Waals surface area contributed by atoms with E-state index in [2.05, 4.69) is 13.0 Å². The SMILES string of the molecule is CCCCC/C=C/C=C/[C@H]1OC(=O)C[C@@H]2O[C@H](C[C@H](O)C[C@H](C)C[C@@H](O)C1(C)C)C[C@H](O[C@@H]1OC[C@@H](OC)[C@H](O)[C@H]1O)C2(C)C. The van der Waals surface area contributed by atoms with Gasteiger partial charge in [-0.05, 0) is 44.1 Å². The number of hydrogen-bond acceptors (Lipinski definition) is 10. The summed E-state index contributed by atoms with van der Waals surface area (Å²) >= 11 is 0. The van der Waals surface area contributed by atoms with Crippen molar-refractivity contribution >= 4 is 5.97 Å². The zero-order valence-electron chi connectivity index (χ0n) is 28.5. The Kier molecular flexibility index (Phi) is 14.5. The molecule has 2 bridgehead atoms. The van der Waals surface area contributed by atoms with Gasteiger partial charge in [-0.2, -0.15) is 0 Å². The highest BCUT2D eigenvalue weighted by Crippen LogP contribution is 2.43. The standard InChI is InChI=1S/C35H60O10/c1-8-9-10-11-12-13-14-15-27-34(3,4)26(37)17-22(2)16-23(36)18-24-19-28(35(5,6)29(43-24)20-30(38)44-27)45-33-32(40)31(39)25(41-7)21-42-33/h12-15,22-29,31-33,36-37,39-40H,8-11,16-21H2,1-7H3/b13-12+,15-14+/t22-,23+,24+,25+,26+,27+,28-,29-,31-,32+,33-/m0/s1. The summed E-state index contributed by atoms with van der Waals surface area (Å²) in [5, 5.41) is 43.7. The predicted molar refractivity (Wildman–Crippen MR) is 170 cm³/mol. The normalized spacial score (nSPS) is 39.9. The lowest BCUT2D eigenvalue weighted by Crippen LogP contribution is -2.59. The molecule has 10 nitrogen and oxygen atoms in total. The van der Waals surface area contributed by atoms with Crippen molar-refractivity contribution in [2.45, 2.75) is 161 Å². The summed E-state index contributed by atoms with van der Waals surface area (Å²) in [6.07, 6.45) is 5.77. The summed E-state index contributed by atoms with van der Waals surface area (Å²) in [5.74, 6) is -0.466. The number of aliphatic hydroxyl groups is 4. The minimum atomic E-state index is -1.32. The van der Waals surface area contributed by atoms with Gasteiger partial charge in [0.15, 0.2) is 6.29 Å². The monoisotopic (exact) mass is 640 g/mol. The van der Waals surface area contributed by atoms with E-state index in [1.807, 2.05) is 52.8 Å². The maximum absolute atomic E-state index is 13.6. The molecule has 4 N–H and O–H groups in total. The number of carbonyl (C=O) groups excluding carboxylic acids is 1. The Balaban J connectivity index is 1.85. The first-order valence-corrected chi connectivity index (χ1v) is 16.9. The summed E-state index contributed by atoms with van der Waals surface area (Å²) in [5.41, 5.74) is -1.52. The number of esters is 1. The van der Waals surface area contributed by atoms with Crippen LogP contribution in [0.4, 0.5) is 0 Å². The average Bonchev–Trinajstić information content (AvgIpc) is 2.96. The highest BCUT2D eigenvalue weighted by atomic mass is 16.7. The topological polar surface area (TPSA) is 144 Å². The number of methoxy groups -OCH3 is 1. The zero-order valence-corrected chi connectivity index (χ0v) is 28.5. The summed E-state index contributed by atoms with van der Waals surface area (Å²) < 4.78 is 29.9. The molecule has 11 atom stereocenters. The van der Waals surface area contributed by atoms with Crippen LogP contribution in [0.25, 0.3) is 0 Å². The van der Waals surface area contributed by atoms with Crippen molar-refractivity contribution in [3.8, 4) is 0 Å². The lowest BCUT2D eigenvalue weighted by Gasteiger charge is -2.50. The lowest BCUT2D eigenvalue weighted by atomic mass is 9.73. The molecule has 0 spiro atoms. The second-order valence-corrected chi connectivity index (χ2v) is 14.6. The molecule has 0 aromatic heterocycles. The molecule has 3 saturated heterocycles. The number of ether oxygens (including phenoxy) is 5. The van der Waals surface area contributed by atoms with Gasteiger partial charge in [-0.15, -0.1) is 0 Å². The van der Waals surface area contributed by atoms with Crippen LogP contribution in [0.3, 0.4) is 0 Å². The number of aliphatic hydroxyl groups excluding tert-OH is 4. The minimum Gasteiger partial charge on any atom is -0.457 e. The molecule has 3 rings (SSSR count). The quantitative estimate of drug-likeness (QED) is 0.164. The molecule has 0 amide bonds. The van der Waals surface area contributed by atoms with Crippen LogP contribution in [-0.4, -0.2) is 101 Å². The molecular weight excluding hydrogens is 580 g/mol. The molecule has 10 heteroatoms. The highest BCUT2D eigenvalue weighted by molar-refractivity contribution is 5.70.